The van der Waals surface area contributed by atoms with Crippen LogP contribution in [0.2, 0.25) is 0 Å². The third-order valence-corrected chi connectivity index (χ3v) is 2.51. The molecule has 0 aliphatic carbocycles. The van der Waals surface area contributed by atoms with Crippen molar-refractivity contribution in [3.63, 3.8) is 0 Å². The molecule has 94 valence electrons. The fraction of sp³-hybridized carbons (Fsp3) is 0.231. The number of aromatic nitrogens is 2. The summed E-state index contributed by atoms with van der Waals surface area (Å²) in [4.78, 5) is 11.7. The Labute approximate surface area is 105 Å². The lowest BCUT2D eigenvalue weighted by molar-refractivity contribution is -0.116. The topological polar surface area (TPSA) is 67.2 Å². The summed E-state index contributed by atoms with van der Waals surface area (Å²) in [5.41, 5.74) is 1.50. The van der Waals surface area contributed by atoms with Gasteiger partial charge in [0.15, 0.2) is 0 Å². The first-order valence-corrected chi connectivity index (χ1v) is 5.72. The van der Waals surface area contributed by atoms with Crippen LogP contribution in [-0.2, 0) is 11.3 Å². The third-order valence-electron chi connectivity index (χ3n) is 2.51. The first kappa shape index (κ1) is 12.2. The first-order chi connectivity index (χ1) is 8.65. The summed E-state index contributed by atoms with van der Waals surface area (Å²) >= 11 is 0. The Bertz CT molecular complexity index is 549. The predicted molar refractivity (Wildman–Crippen MR) is 68.3 cm³/mol. The van der Waals surface area contributed by atoms with Gasteiger partial charge in [0, 0.05) is 19.2 Å². The molecule has 0 atom stereocenters. The van der Waals surface area contributed by atoms with Crippen LogP contribution in [-0.4, -0.2) is 20.8 Å². The zero-order chi connectivity index (χ0) is 13.0. The Kier molecular flexibility index (Phi) is 3.62. The number of phenols is 1. The molecule has 1 heterocycles. The van der Waals surface area contributed by atoms with Gasteiger partial charge in [-0.2, -0.15) is 5.10 Å². The van der Waals surface area contributed by atoms with Crippen LogP contribution in [0.1, 0.15) is 12.0 Å². The maximum absolute atomic E-state index is 11.7. The van der Waals surface area contributed by atoms with Gasteiger partial charge in [-0.3, -0.25) is 9.48 Å². The number of para-hydroxylation sites is 2. The highest BCUT2D eigenvalue weighted by molar-refractivity contribution is 5.92. The summed E-state index contributed by atoms with van der Waals surface area (Å²) in [5.74, 6) is -0.0783. The number of carbonyl (C=O) groups excluding carboxylic acids is 1. The molecule has 0 spiro atoms. The fourth-order valence-corrected chi connectivity index (χ4v) is 1.60. The Hall–Kier alpha value is -2.30. The van der Waals surface area contributed by atoms with Gasteiger partial charge >= 0.3 is 0 Å². The number of nitrogens with one attached hydrogen (secondary N) is 1. The molecular formula is C13H15N3O2. The maximum atomic E-state index is 11.7. The number of aryl methyl sites for hydroxylation is 2. The molecule has 1 aromatic heterocycles. The minimum Gasteiger partial charge on any atom is -0.506 e. The van der Waals surface area contributed by atoms with Gasteiger partial charge in [-0.1, -0.05) is 12.1 Å². The smallest absolute Gasteiger partial charge is 0.226 e. The Morgan fingerprint density at radius 2 is 2.22 bits per heavy atom. The molecule has 0 unspecified atom stereocenters. The van der Waals surface area contributed by atoms with E-state index >= 15 is 0 Å². The number of hydrogen-bond donors (Lipinski definition) is 2. The second-order valence-corrected chi connectivity index (χ2v) is 4.10. The zero-order valence-corrected chi connectivity index (χ0v) is 10.1. The number of carbonyl (C=O) groups is 1. The number of rotatable bonds is 4. The monoisotopic (exact) mass is 245 g/mol. The molecule has 18 heavy (non-hydrogen) atoms. The largest absolute Gasteiger partial charge is 0.506 e. The van der Waals surface area contributed by atoms with Gasteiger partial charge < -0.3 is 10.4 Å². The number of phenolic OH excluding ortho intramolecular Hbond substituents is 1. The molecule has 0 fully saturated rings. The number of hydrogen-bond acceptors (Lipinski definition) is 3. The molecule has 2 rings (SSSR count). The lowest BCUT2D eigenvalue weighted by Gasteiger charge is -2.06. The van der Waals surface area contributed by atoms with E-state index < -0.39 is 0 Å². The molecule has 1 aromatic carbocycles. The Balaban J connectivity index is 1.88. The van der Waals surface area contributed by atoms with Crippen molar-refractivity contribution in [1.82, 2.24) is 9.78 Å². The predicted octanol–water partition coefficient (Wildman–Crippen LogP) is 1.93. The number of amides is 1. The van der Waals surface area contributed by atoms with Crippen LogP contribution < -0.4 is 5.32 Å². The molecule has 0 saturated heterocycles. The Morgan fingerprint density at radius 3 is 2.89 bits per heavy atom. The average Bonchev–Trinajstić information content (AvgIpc) is 2.76. The number of aromatic hydroxyl groups is 1. The van der Waals surface area contributed by atoms with Gasteiger partial charge in [0.2, 0.25) is 5.91 Å². The lowest BCUT2D eigenvalue weighted by atomic mass is 10.3. The Morgan fingerprint density at radius 1 is 1.44 bits per heavy atom. The minimum absolute atomic E-state index is 0.0702. The third kappa shape index (κ3) is 3.10. The summed E-state index contributed by atoms with van der Waals surface area (Å²) < 4.78 is 1.72. The normalized spacial score (nSPS) is 10.3. The molecule has 0 radical (unpaired) electrons. The summed E-state index contributed by atoms with van der Waals surface area (Å²) in [6.45, 7) is 2.47. The lowest BCUT2D eigenvalue weighted by Crippen LogP contribution is -2.14. The molecule has 0 saturated carbocycles. The molecule has 0 aliphatic heterocycles. The molecule has 0 aliphatic rings. The van der Waals surface area contributed by atoms with Gasteiger partial charge in [0.1, 0.15) is 5.75 Å². The van der Waals surface area contributed by atoms with Crippen molar-refractivity contribution in [3.8, 4) is 5.75 Å². The van der Waals surface area contributed by atoms with E-state index in [9.17, 15) is 9.90 Å². The standard InChI is InChI=1S/C13H15N3O2/c1-10-8-14-16(9-10)7-6-13(18)15-11-4-2-3-5-12(11)17/h2-5,8-9,17H,6-7H2,1H3,(H,15,18). The van der Waals surface area contributed by atoms with E-state index in [1.54, 1.807) is 29.1 Å². The van der Waals surface area contributed by atoms with Crippen LogP contribution in [0.5, 0.6) is 5.75 Å². The maximum Gasteiger partial charge on any atom is 0.226 e. The van der Waals surface area contributed by atoms with Crippen molar-refractivity contribution in [3.05, 3.63) is 42.2 Å². The highest BCUT2D eigenvalue weighted by atomic mass is 16.3. The van der Waals surface area contributed by atoms with Crippen molar-refractivity contribution in [2.45, 2.75) is 19.9 Å². The van der Waals surface area contributed by atoms with Crippen molar-refractivity contribution in [1.29, 1.82) is 0 Å². The second kappa shape index (κ2) is 5.35. The van der Waals surface area contributed by atoms with Gasteiger partial charge in [-0.05, 0) is 24.6 Å². The fourth-order valence-electron chi connectivity index (χ4n) is 1.60. The van der Waals surface area contributed by atoms with Gasteiger partial charge in [-0.25, -0.2) is 0 Å². The summed E-state index contributed by atoms with van der Waals surface area (Å²) in [5, 5.41) is 16.3. The SMILES string of the molecule is Cc1cnn(CCC(=O)Nc2ccccc2O)c1. The van der Waals surface area contributed by atoms with Gasteiger partial charge in [0.25, 0.3) is 0 Å². The number of nitrogens with zero attached hydrogens (tertiary/aromatic N) is 2. The van der Waals surface area contributed by atoms with E-state index in [1.165, 1.54) is 6.07 Å². The number of anilines is 1. The van der Waals surface area contributed by atoms with Gasteiger partial charge in [0.05, 0.1) is 11.9 Å². The van der Waals surface area contributed by atoms with E-state index in [1.807, 2.05) is 13.1 Å². The highest BCUT2D eigenvalue weighted by Gasteiger charge is 2.06. The van der Waals surface area contributed by atoms with Crippen molar-refractivity contribution in [2.75, 3.05) is 5.32 Å². The molecule has 2 N–H and O–H groups in total. The van der Waals surface area contributed by atoms with Crippen LogP contribution in [0.15, 0.2) is 36.7 Å². The summed E-state index contributed by atoms with van der Waals surface area (Å²) in [6.07, 6.45) is 3.95. The summed E-state index contributed by atoms with van der Waals surface area (Å²) in [6, 6.07) is 6.65. The molecule has 5 nitrogen and oxygen atoms in total. The van der Waals surface area contributed by atoms with Crippen molar-refractivity contribution >= 4 is 11.6 Å². The quantitative estimate of drug-likeness (QED) is 0.809. The van der Waals surface area contributed by atoms with Crippen molar-refractivity contribution < 1.29 is 9.90 Å². The zero-order valence-electron chi connectivity index (χ0n) is 10.1. The van der Waals surface area contributed by atoms with Crippen LogP contribution >= 0.6 is 0 Å². The molecule has 0 bridgehead atoms. The van der Waals surface area contributed by atoms with E-state index in [0.717, 1.165) is 5.56 Å². The van der Waals surface area contributed by atoms with E-state index in [4.69, 9.17) is 0 Å². The highest BCUT2D eigenvalue weighted by Crippen LogP contribution is 2.21. The minimum atomic E-state index is -0.148. The second-order valence-electron chi connectivity index (χ2n) is 4.10. The number of benzene rings is 1. The molecule has 1 amide bonds. The van der Waals surface area contributed by atoms with Crippen LogP contribution in [0.3, 0.4) is 0 Å². The molecular weight excluding hydrogens is 230 g/mol. The molecule has 5 heteroatoms. The van der Waals surface area contributed by atoms with E-state index in [2.05, 4.69) is 10.4 Å². The van der Waals surface area contributed by atoms with Gasteiger partial charge in [-0.15, -0.1) is 0 Å². The van der Waals surface area contributed by atoms with Crippen LogP contribution in [0.25, 0.3) is 0 Å². The molecule has 2 aromatic rings. The average molecular weight is 245 g/mol. The van der Waals surface area contributed by atoms with E-state index in [0.29, 0.717) is 18.7 Å². The van der Waals surface area contributed by atoms with E-state index in [-0.39, 0.29) is 11.7 Å². The van der Waals surface area contributed by atoms with Crippen molar-refractivity contribution in [2.24, 2.45) is 0 Å². The summed E-state index contributed by atoms with van der Waals surface area (Å²) in [7, 11) is 0. The van der Waals surface area contributed by atoms with Crippen LogP contribution in [0, 0.1) is 6.92 Å². The van der Waals surface area contributed by atoms with Crippen LogP contribution in [0.4, 0.5) is 5.69 Å². The first-order valence-electron chi connectivity index (χ1n) is 5.72.